The van der Waals surface area contributed by atoms with Crippen LogP contribution < -0.4 is 14.8 Å². The summed E-state index contributed by atoms with van der Waals surface area (Å²) in [4.78, 5) is 31.6. The molecule has 0 aromatic heterocycles. The molecule has 2 heterocycles. The quantitative estimate of drug-likeness (QED) is 0.830. The topological polar surface area (TPSA) is 80.2 Å². The predicted octanol–water partition coefficient (Wildman–Crippen LogP) is 3.70. The minimum atomic E-state index is -0.543. The van der Waals surface area contributed by atoms with Crippen LogP contribution in [0.15, 0.2) is 47.5 Å². The van der Waals surface area contributed by atoms with Crippen molar-refractivity contribution in [2.24, 2.45) is 4.99 Å². The maximum atomic E-state index is 12.8. The normalized spacial score (nSPS) is 19.5. The van der Waals surface area contributed by atoms with Crippen molar-refractivity contribution in [3.63, 3.8) is 0 Å². The second-order valence-corrected chi connectivity index (χ2v) is 7.91. The van der Waals surface area contributed by atoms with Gasteiger partial charge in [-0.2, -0.15) is 0 Å². The molecule has 150 valence electrons. The molecule has 1 atom stereocenters. The van der Waals surface area contributed by atoms with E-state index < -0.39 is 5.25 Å². The van der Waals surface area contributed by atoms with Crippen LogP contribution in [0.2, 0.25) is 0 Å². The van der Waals surface area contributed by atoms with Gasteiger partial charge in [-0.05, 0) is 43.7 Å². The smallest absolute Gasteiger partial charge is 0.238 e. The van der Waals surface area contributed by atoms with Gasteiger partial charge < -0.3 is 14.8 Å². The zero-order chi connectivity index (χ0) is 20.4. The summed E-state index contributed by atoms with van der Waals surface area (Å²) in [7, 11) is 0. The number of ether oxygens (including phenoxy) is 2. The van der Waals surface area contributed by atoms with Gasteiger partial charge in [0.1, 0.15) is 5.25 Å². The van der Waals surface area contributed by atoms with Gasteiger partial charge in [0.15, 0.2) is 16.7 Å². The molecule has 2 aliphatic rings. The minimum Gasteiger partial charge on any atom is -0.454 e. The van der Waals surface area contributed by atoms with E-state index in [2.05, 4.69) is 10.3 Å². The number of carbonyl (C=O) groups excluding carboxylic acids is 2. The minimum absolute atomic E-state index is 0.116. The van der Waals surface area contributed by atoms with Crippen molar-refractivity contribution in [2.45, 2.75) is 25.5 Å². The van der Waals surface area contributed by atoms with Crippen molar-refractivity contribution in [1.29, 1.82) is 0 Å². The predicted molar refractivity (Wildman–Crippen MR) is 113 cm³/mol. The molecule has 7 nitrogen and oxygen atoms in total. The number of thioether (sulfide) groups is 1. The first kappa shape index (κ1) is 19.3. The SMILES string of the molecule is CCN1C(=O)CC(C(=O)Nc2cccc(C)c2)SC1=Nc1ccc2c(c1)OCO2. The highest BCUT2D eigenvalue weighted by Crippen LogP contribution is 2.36. The second kappa shape index (κ2) is 8.16. The van der Waals surface area contributed by atoms with Crippen LogP contribution in [0.1, 0.15) is 18.9 Å². The van der Waals surface area contributed by atoms with Gasteiger partial charge in [0.05, 0.1) is 5.69 Å². The molecular weight excluding hydrogens is 390 g/mol. The van der Waals surface area contributed by atoms with Crippen LogP contribution in [0.5, 0.6) is 11.5 Å². The standard InChI is InChI=1S/C21H21N3O4S/c1-3-24-19(25)11-18(20(26)22-14-6-4-5-13(2)9-14)29-21(24)23-15-7-8-16-17(10-15)28-12-27-16/h4-10,18H,3,11-12H2,1-2H3,(H,22,26). The average molecular weight is 411 g/mol. The van der Waals surface area contributed by atoms with E-state index in [1.54, 1.807) is 23.1 Å². The number of aryl methyl sites for hydroxylation is 1. The van der Waals surface area contributed by atoms with Crippen molar-refractivity contribution >= 4 is 40.1 Å². The molecule has 8 heteroatoms. The lowest BCUT2D eigenvalue weighted by Gasteiger charge is -2.30. The Balaban J connectivity index is 1.56. The lowest BCUT2D eigenvalue weighted by molar-refractivity contribution is -0.129. The molecule has 2 aliphatic heterocycles. The number of hydrogen-bond donors (Lipinski definition) is 1. The molecule has 2 amide bonds. The molecule has 0 spiro atoms. The Bertz CT molecular complexity index is 992. The molecule has 1 N–H and O–H groups in total. The van der Waals surface area contributed by atoms with E-state index in [1.807, 2.05) is 38.1 Å². The van der Waals surface area contributed by atoms with Crippen LogP contribution >= 0.6 is 11.8 Å². The molecule has 29 heavy (non-hydrogen) atoms. The van der Waals surface area contributed by atoms with E-state index in [0.717, 1.165) is 11.3 Å². The van der Waals surface area contributed by atoms with Crippen LogP contribution in [0, 0.1) is 6.92 Å². The van der Waals surface area contributed by atoms with Crippen molar-refractivity contribution in [3.8, 4) is 11.5 Å². The Morgan fingerprint density at radius 2 is 2.07 bits per heavy atom. The zero-order valence-corrected chi connectivity index (χ0v) is 17.0. The molecule has 1 saturated heterocycles. The number of hydrogen-bond acceptors (Lipinski definition) is 6. The van der Waals surface area contributed by atoms with Crippen molar-refractivity contribution in [1.82, 2.24) is 4.90 Å². The Kier molecular flexibility index (Phi) is 5.44. The lowest BCUT2D eigenvalue weighted by Crippen LogP contribution is -2.45. The van der Waals surface area contributed by atoms with E-state index in [4.69, 9.17) is 9.47 Å². The maximum Gasteiger partial charge on any atom is 0.238 e. The second-order valence-electron chi connectivity index (χ2n) is 6.74. The molecule has 4 rings (SSSR count). The molecule has 2 aromatic rings. The van der Waals surface area contributed by atoms with Gasteiger partial charge in [0, 0.05) is 24.7 Å². The number of amides is 2. The van der Waals surface area contributed by atoms with E-state index in [-0.39, 0.29) is 25.0 Å². The number of carbonyl (C=O) groups is 2. The van der Waals surface area contributed by atoms with Crippen molar-refractivity contribution in [3.05, 3.63) is 48.0 Å². The number of aliphatic imine (C=N–C) groups is 1. The Hall–Kier alpha value is -3.00. The zero-order valence-electron chi connectivity index (χ0n) is 16.2. The summed E-state index contributed by atoms with van der Waals surface area (Å²) in [5.41, 5.74) is 2.41. The fraction of sp³-hybridized carbons (Fsp3) is 0.286. The van der Waals surface area contributed by atoms with Gasteiger partial charge >= 0.3 is 0 Å². The molecular formula is C21H21N3O4S. The van der Waals surface area contributed by atoms with Gasteiger partial charge in [-0.25, -0.2) is 4.99 Å². The number of anilines is 1. The molecule has 0 saturated carbocycles. The Morgan fingerprint density at radius 1 is 1.24 bits per heavy atom. The average Bonchev–Trinajstić information content (AvgIpc) is 3.15. The van der Waals surface area contributed by atoms with Crippen LogP contribution in [0.3, 0.4) is 0 Å². The summed E-state index contributed by atoms with van der Waals surface area (Å²) < 4.78 is 10.7. The largest absolute Gasteiger partial charge is 0.454 e. The monoisotopic (exact) mass is 411 g/mol. The van der Waals surface area contributed by atoms with Gasteiger partial charge in [-0.3, -0.25) is 14.5 Å². The van der Waals surface area contributed by atoms with E-state index in [9.17, 15) is 9.59 Å². The number of rotatable bonds is 4. The maximum absolute atomic E-state index is 12.8. The van der Waals surface area contributed by atoms with Gasteiger partial charge in [0.2, 0.25) is 18.6 Å². The number of fused-ring (bicyclic) bond motifs is 1. The van der Waals surface area contributed by atoms with E-state index in [0.29, 0.717) is 28.9 Å². The highest BCUT2D eigenvalue weighted by Gasteiger charge is 2.35. The molecule has 0 bridgehead atoms. The first-order chi connectivity index (χ1) is 14.0. The lowest BCUT2D eigenvalue weighted by atomic mass is 10.2. The van der Waals surface area contributed by atoms with Gasteiger partial charge in [-0.15, -0.1) is 0 Å². The van der Waals surface area contributed by atoms with Gasteiger partial charge in [-0.1, -0.05) is 23.9 Å². The first-order valence-electron chi connectivity index (χ1n) is 9.36. The molecule has 2 aromatic carbocycles. The van der Waals surface area contributed by atoms with E-state index in [1.165, 1.54) is 11.8 Å². The summed E-state index contributed by atoms with van der Waals surface area (Å²) in [5, 5.41) is 2.87. The third-order valence-electron chi connectivity index (χ3n) is 4.61. The number of benzene rings is 2. The summed E-state index contributed by atoms with van der Waals surface area (Å²) in [6.07, 6.45) is 0.135. The molecule has 1 fully saturated rings. The third-order valence-corrected chi connectivity index (χ3v) is 5.80. The number of nitrogens with one attached hydrogen (secondary N) is 1. The summed E-state index contributed by atoms with van der Waals surface area (Å²) in [5.74, 6) is 0.970. The van der Waals surface area contributed by atoms with Crippen LogP contribution in [0.25, 0.3) is 0 Å². The van der Waals surface area contributed by atoms with Crippen molar-refractivity contribution in [2.75, 3.05) is 18.7 Å². The Morgan fingerprint density at radius 3 is 2.86 bits per heavy atom. The summed E-state index contributed by atoms with van der Waals surface area (Å²) >= 11 is 1.30. The van der Waals surface area contributed by atoms with Crippen LogP contribution in [-0.4, -0.2) is 40.5 Å². The highest BCUT2D eigenvalue weighted by atomic mass is 32.2. The van der Waals surface area contributed by atoms with Crippen LogP contribution in [-0.2, 0) is 9.59 Å². The highest BCUT2D eigenvalue weighted by molar-refractivity contribution is 8.15. The molecule has 0 radical (unpaired) electrons. The molecule has 0 aliphatic carbocycles. The number of amidine groups is 1. The number of nitrogens with zero attached hydrogens (tertiary/aromatic N) is 2. The van der Waals surface area contributed by atoms with Crippen molar-refractivity contribution < 1.29 is 19.1 Å². The third kappa shape index (κ3) is 4.22. The fourth-order valence-corrected chi connectivity index (χ4v) is 4.33. The summed E-state index contributed by atoms with van der Waals surface area (Å²) in [6.45, 7) is 4.52. The fourth-order valence-electron chi connectivity index (χ4n) is 3.16. The summed E-state index contributed by atoms with van der Waals surface area (Å²) in [6, 6.07) is 12.9. The Labute approximate surface area is 173 Å². The first-order valence-corrected chi connectivity index (χ1v) is 10.2. The van der Waals surface area contributed by atoms with Gasteiger partial charge in [0.25, 0.3) is 0 Å². The van der Waals surface area contributed by atoms with E-state index >= 15 is 0 Å². The van der Waals surface area contributed by atoms with Crippen LogP contribution in [0.4, 0.5) is 11.4 Å². The molecule has 1 unspecified atom stereocenters.